The van der Waals surface area contributed by atoms with Crippen LogP contribution in [0.3, 0.4) is 0 Å². The fourth-order valence-corrected chi connectivity index (χ4v) is 10.2. The largest absolute Gasteiger partial charge is 0.396 e. The first-order valence-corrected chi connectivity index (χ1v) is 16.7. The molecule has 3 rings (SSSR count). The summed E-state index contributed by atoms with van der Waals surface area (Å²) in [6.07, 6.45) is 11.9. The Kier molecular flexibility index (Phi) is 11.2. The van der Waals surface area contributed by atoms with Crippen molar-refractivity contribution in [2.24, 2.45) is 10.8 Å². The molecule has 0 bridgehead atoms. The van der Waals surface area contributed by atoms with Crippen LogP contribution in [0.5, 0.6) is 0 Å². The second-order valence-corrected chi connectivity index (χ2v) is 16.6. The lowest BCUT2D eigenvalue weighted by Crippen LogP contribution is -2.30. The normalized spacial score (nSPS) is 29.8. The van der Waals surface area contributed by atoms with Crippen LogP contribution in [-0.4, -0.2) is 42.3 Å². The Morgan fingerprint density at radius 3 is 1.47 bits per heavy atom. The second kappa shape index (κ2) is 13.5. The van der Waals surface area contributed by atoms with Crippen molar-refractivity contribution in [1.29, 1.82) is 0 Å². The number of aliphatic hydroxyl groups excluding tert-OH is 2. The van der Waals surface area contributed by atoms with Gasteiger partial charge in [-0.05, 0) is 73.3 Å². The van der Waals surface area contributed by atoms with Crippen LogP contribution in [0, 0.1) is 10.8 Å². The van der Waals surface area contributed by atoms with E-state index in [1.54, 1.807) is 0 Å². The fourth-order valence-electron chi connectivity index (χ4n) is 5.95. The molecule has 2 fully saturated rings. The van der Waals surface area contributed by atoms with Crippen LogP contribution in [0.4, 0.5) is 0 Å². The highest BCUT2D eigenvalue weighted by atomic mass is 32.2. The number of aliphatic hydroxyl groups is 2. The molecule has 6 unspecified atom stereocenters. The average molecular weight is 539 g/mol. The molecule has 0 saturated carbocycles. The smallest absolute Gasteiger partial charge is 0.0603 e. The quantitative estimate of drug-likeness (QED) is 0.309. The molecule has 6 atom stereocenters. The van der Waals surface area contributed by atoms with Crippen LogP contribution < -0.4 is 0 Å². The predicted molar refractivity (Wildman–Crippen MR) is 153 cm³/mol. The van der Waals surface area contributed by atoms with Gasteiger partial charge in [0, 0.05) is 45.3 Å². The molecule has 2 aliphatic rings. The highest BCUT2D eigenvalue weighted by molar-refractivity contribution is 7.86. The molecule has 0 spiro atoms. The van der Waals surface area contributed by atoms with Crippen LogP contribution in [-0.2, 0) is 21.6 Å². The maximum Gasteiger partial charge on any atom is 0.0603 e. The molecule has 2 aliphatic heterocycles. The number of hydrogen-bond donors (Lipinski definition) is 2. The standard InChI is InChI=1S/C30H50O4S2/c1-29(2,21-31)19-9-13-23-11-7-17-27(35(23)33)25-15-5-6-16-26(25)28-18-8-12-24(36(28)34)14-10-20-30(3,4)22-32/h5-6,15-16,23-24,27-28,31-32H,7-14,17-22H2,1-4H3. The SMILES string of the molecule is CC(C)(CO)CCCC1CCCC(c2ccccc2C2CCCC(CCCC(C)(C)CO)S2=O)S1=O. The number of hydrogen-bond acceptors (Lipinski definition) is 4. The van der Waals surface area contributed by atoms with Gasteiger partial charge in [0.15, 0.2) is 0 Å². The first kappa shape index (κ1) is 30.0. The summed E-state index contributed by atoms with van der Waals surface area (Å²) < 4.78 is 27.5. The Labute approximate surface area is 225 Å². The summed E-state index contributed by atoms with van der Waals surface area (Å²) in [7, 11) is -1.87. The van der Waals surface area contributed by atoms with Crippen LogP contribution in [0.2, 0.25) is 0 Å². The van der Waals surface area contributed by atoms with Crippen molar-refractivity contribution >= 4 is 21.6 Å². The summed E-state index contributed by atoms with van der Waals surface area (Å²) in [6, 6.07) is 8.42. The van der Waals surface area contributed by atoms with E-state index in [1.165, 1.54) is 11.1 Å². The van der Waals surface area contributed by atoms with Crippen molar-refractivity contribution in [1.82, 2.24) is 0 Å². The molecule has 0 radical (unpaired) electrons. The van der Waals surface area contributed by atoms with E-state index < -0.39 is 21.6 Å². The zero-order valence-corrected chi connectivity index (χ0v) is 24.7. The van der Waals surface area contributed by atoms with Gasteiger partial charge in [-0.1, -0.05) is 77.6 Å². The van der Waals surface area contributed by atoms with Gasteiger partial charge in [0.05, 0.1) is 10.5 Å². The van der Waals surface area contributed by atoms with Crippen molar-refractivity contribution in [3.05, 3.63) is 35.4 Å². The fraction of sp³-hybridized carbons (Fsp3) is 0.800. The third-order valence-electron chi connectivity index (χ3n) is 8.51. The third kappa shape index (κ3) is 7.97. The van der Waals surface area contributed by atoms with E-state index in [4.69, 9.17) is 0 Å². The molecular weight excluding hydrogens is 488 g/mol. The number of rotatable bonds is 12. The molecule has 1 aromatic carbocycles. The van der Waals surface area contributed by atoms with Crippen LogP contribution in [0.15, 0.2) is 24.3 Å². The van der Waals surface area contributed by atoms with Crippen molar-refractivity contribution in [3.8, 4) is 0 Å². The molecule has 2 N–H and O–H groups in total. The van der Waals surface area contributed by atoms with Gasteiger partial charge in [0.1, 0.15) is 0 Å². The summed E-state index contributed by atoms with van der Waals surface area (Å²) in [5.41, 5.74) is 2.21. The Balaban J connectivity index is 1.70. The lowest BCUT2D eigenvalue weighted by molar-refractivity contribution is 0.147. The summed E-state index contributed by atoms with van der Waals surface area (Å²) in [6.45, 7) is 8.75. The molecule has 206 valence electrons. The predicted octanol–water partition coefficient (Wildman–Crippen LogP) is 6.75. The van der Waals surface area contributed by atoms with E-state index in [-0.39, 0.29) is 45.0 Å². The van der Waals surface area contributed by atoms with Gasteiger partial charge in [-0.2, -0.15) is 0 Å². The molecule has 0 aromatic heterocycles. The number of benzene rings is 1. The molecule has 2 heterocycles. The minimum Gasteiger partial charge on any atom is -0.396 e. The Morgan fingerprint density at radius 2 is 1.11 bits per heavy atom. The van der Waals surface area contributed by atoms with Crippen molar-refractivity contribution in [2.75, 3.05) is 13.2 Å². The average Bonchev–Trinajstić information content (AvgIpc) is 2.86. The minimum absolute atomic E-state index is 0.0357. The summed E-state index contributed by atoms with van der Waals surface area (Å²) in [5, 5.41) is 19.6. The Morgan fingerprint density at radius 1 is 0.722 bits per heavy atom. The molecule has 6 heteroatoms. The third-order valence-corrected chi connectivity index (χ3v) is 12.9. The Hall–Kier alpha value is -0.560. The van der Waals surface area contributed by atoms with E-state index in [1.807, 2.05) is 0 Å². The maximum atomic E-state index is 13.8. The first-order valence-electron chi connectivity index (χ1n) is 14.2. The highest BCUT2D eigenvalue weighted by Gasteiger charge is 2.37. The van der Waals surface area contributed by atoms with Crippen LogP contribution in [0.1, 0.15) is 126 Å². The van der Waals surface area contributed by atoms with Gasteiger partial charge < -0.3 is 10.2 Å². The van der Waals surface area contributed by atoms with E-state index in [0.717, 1.165) is 77.0 Å². The van der Waals surface area contributed by atoms with Gasteiger partial charge in [-0.3, -0.25) is 8.42 Å². The van der Waals surface area contributed by atoms with Crippen LogP contribution >= 0.6 is 0 Å². The van der Waals surface area contributed by atoms with Crippen molar-refractivity contribution in [3.63, 3.8) is 0 Å². The van der Waals surface area contributed by atoms with E-state index in [2.05, 4.69) is 52.0 Å². The van der Waals surface area contributed by atoms with Crippen LogP contribution in [0.25, 0.3) is 0 Å². The second-order valence-electron chi connectivity index (χ2n) is 12.8. The summed E-state index contributed by atoms with van der Waals surface area (Å²) in [4.78, 5) is 0. The summed E-state index contributed by atoms with van der Waals surface area (Å²) >= 11 is 0. The lowest BCUT2D eigenvalue weighted by Gasteiger charge is -2.34. The highest BCUT2D eigenvalue weighted by Crippen LogP contribution is 2.44. The topological polar surface area (TPSA) is 74.6 Å². The monoisotopic (exact) mass is 538 g/mol. The van der Waals surface area contributed by atoms with E-state index in [9.17, 15) is 18.6 Å². The molecule has 0 amide bonds. The molecule has 1 aromatic rings. The summed E-state index contributed by atoms with van der Waals surface area (Å²) in [5.74, 6) is 0. The molecule has 4 nitrogen and oxygen atoms in total. The van der Waals surface area contributed by atoms with E-state index >= 15 is 0 Å². The molecule has 2 saturated heterocycles. The van der Waals surface area contributed by atoms with E-state index in [0.29, 0.717) is 0 Å². The zero-order valence-electron chi connectivity index (χ0n) is 23.0. The van der Waals surface area contributed by atoms with Gasteiger partial charge in [0.2, 0.25) is 0 Å². The first-order chi connectivity index (χ1) is 17.1. The lowest BCUT2D eigenvalue weighted by atomic mass is 9.87. The minimum atomic E-state index is -0.933. The van der Waals surface area contributed by atoms with Gasteiger partial charge in [-0.25, -0.2) is 0 Å². The molecule has 0 aliphatic carbocycles. The molecule has 36 heavy (non-hydrogen) atoms. The van der Waals surface area contributed by atoms with Crippen molar-refractivity contribution in [2.45, 2.75) is 126 Å². The van der Waals surface area contributed by atoms with Gasteiger partial charge in [0.25, 0.3) is 0 Å². The van der Waals surface area contributed by atoms with Gasteiger partial charge >= 0.3 is 0 Å². The van der Waals surface area contributed by atoms with Gasteiger partial charge in [-0.15, -0.1) is 0 Å². The maximum absolute atomic E-state index is 13.8. The van der Waals surface area contributed by atoms with Crippen molar-refractivity contribution < 1.29 is 18.6 Å². The Bertz CT molecular complexity index is 810. The molecular formula is C30H50O4S2. The zero-order chi connectivity index (χ0) is 26.3.